The summed E-state index contributed by atoms with van der Waals surface area (Å²) in [5.74, 6) is -0.0309. The molecule has 7 heteroatoms. The van der Waals surface area contributed by atoms with Gasteiger partial charge < -0.3 is 10.1 Å². The molecule has 0 saturated carbocycles. The van der Waals surface area contributed by atoms with Crippen LogP contribution in [0, 0.1) is 16.0 Å². The molecular formula is C14H21N3O4. The van der Waals surface area contributed by atoms with Gasteiger partial charge in [0, 0.05) is 12.1 Å². The first-order chi connectivity index (χ1) is 9.88. The molecule has 116 valence electrons. The number of nitrogens with zero attached hydrogens (tertiary/aromatic N) is 2. The summed E-state index contributed by atoms with van der Waals surface area (Å²) in [4.78, 5) is 26.0. The van der Waals surface area contributed by atoms with Gasteiger partial charge in [0.1, 0.15) is 0 Å². The molecule has 0 aliphatic heterocycles. The van der Waals surface area contributed by atoms with E-state index in [1.165, 1.54) is 19.2 Å². The molecule has 0 aliphatic rings. The van der Waals surface area contributed by atoms with E-state index in [1.807, 2.05) is 6.92 Å². The Balaban J connectivity index is 3.01. The van der Waals surface area contributed by atoms with Crippen LogP contribution in [0.3, 0.4) is 0 Å². The van der Waals surface area contributed by atoms with Crippen molar-refractivity contribution in [3.63, 3.8) is 0 Å². The quantitative estimate of drug-likeness (QED) is 0.472. The molecule has 1 aromatic rings. The van der Waals surface area contributed by atoms with Gasteiger partial charge in [-0.2, -0.15) is 0 Å². The van der Waals surface area contributed by atoms with Gasteiger partial charge in [-0.05, 0) is 25.3 Å². The fourth-order valence-corrected chi connectivity index (χ4v) is 1.99. The zero-order chi connectivity index (χ0) is 16.0. The van der Waals surface area contributed by atoms with Gasteiger partial charge in [0.05, 0.1) is 12.0 Å². The SMILES string of the molecule is CCC(C)CC(C)Nc1nc(C(=O)OC)ccc1[N+](=O)[O-]. The molecule has 0 saturated heterocycles. The number of methoxy groups -OCH3 is 1. The van der Waals surface area contributed by atoms with Crippen LogP contribution in [0.2, 0.25) is 0 Å². The first kappa shape index (κ1) is 16.9. The van der Waals surface area contributed by atoms with E-state index >= 15 is 0 Å². The summed E-state index contributed by atoms with van der Waals surface area (Å²) in [7, 11) is 1.24. The summed E-state index contributed by atoms with van der Waals surface area (Å²) in [5, 5.41) is 14.1. The Hall–Kier alpha value is -2.18. The van der Waals surface area contributed by atoms with Gasteiger partial charge in [-0.3, -0.25) is 10.1 Å². The van der Waals surface area contributed by atoms with Crippen molar-refractivity contribution < 1.29 is 14.5 Å². The number of anilines is 1. The minimum atomic E-state index is -0.623. The smallest absolute Gasteiger partial charge is 0.356 e. The second-order valence-electron chi connectivity index (χ2n) is 5.11. The van der Waals surface area contributed by atoms with Crippen molar-refractivity contribution in [2.75, 3.05) is 12.4 Å². The molecule has 1 rings (SSSR count). The van der Waals surface area contributed by atoms with Crippen LogP contribution in [0.1, 0.15) is 44.1 Å². The molecule has 0 bridgehead atoms. The average Bonchev–Trinajstić information content (AvgIpc) is 2.45. The number of pyridine rings is 1. The van der Waals surface area contributed by atoms with Crippen molar-refractivity contribution in [2.24, 2.45) is 5.92 Å². The van der Waals surface area contributed by atoms with Crippen molar-refractivity contribution in [3.8, 4) is 0 Å². The minimum absolute atomic E-state index is 0.0130. The molecule has 2 unspecified atom stereocenters. The normalized spacial score (nSPS) is 13.3. The van der Waals surface area contributed by atoms with E-state index in [2.05, 4.69) is 28.9 Å². The maximum absolute atomic E-state index is 11.5. The Morgan fingerprint density at radius 2 is 2.14 bits per heavy atom. The van der Waals surface area contributed by atoms with Gasteiger partial charge in [-0.25, -0.2) is 9.78 Å². The first-order valence-corrected chi connectivity index (χ1v) is 6.89. The highest BCUT2D eigenvalue weighted by atomic mass is 16.6. The van der Waals surface area contributed by atoms with Crippen LogP contribution in [-0.2, 0) is 4.74 Å². The van der Waals surface area contributed by atoms with E-state index in [-0.39, 0.29) is 23.2 Å². The monoisotopic (exact) mass is 295 g/mol. The molecule has 0 radical (unpaired) electrons. The summed E-state index contributed by atoms with van der Waals surface area (Å²) in [6.07, 6.45) is 1.89. The van der Waals surface area contributed by atoms with Gasteiger partial charge in [0.15, 0.2) is 5.69 Å². The Morgan fingerprint density at radius 3 is 2.67 bits per heavy atom. The van der Waals surface area contributed by atoms with Gasteiger partial charge in [-0.15, -0.1) is 0 Å². The van der Waals surface area contributed by atoms with Crippen molar-refractivity contribution in [1.82, 2.24) is 4.98 Å². The zero-order valence-electron chi connectivity index (χ0n) is 12.8. The fraction of sp³-hybridized carbons (Fsp3) is 0.571. The molecular weight excluding hydrogens is 274 g/mol. The Kier molecular flexibility index (Phi) is 6.08. The number of carbonyl (C=O) groups is 1. The van der Waals surface area contributed by atoms with Crippen molar-refractivity contribution in [1.29, 1.82) is 0 Å². The lowest BCUT2D eigenvalue weighted by Gasteiger charge is -2.18. The van der Waals surface area contributed by atoms with Crippen molar-refractivity contribution >= 4 is 17.5 Å². The van der Waals surface area contributed by atoms with Crippen LogP contribution < -0.4 is 5.32 Å². The summed E-state index contributed by atoms with van der Waals surface area (Å²) in [6.45, 7) is 6.14. The average molecular weight is 295 g/mol. The number of hydrogen-bond acceptors (Lipinski definition) is 6. The summed E-state index contributed by atoms with van der Waals surface area (Å²) in [6, 6.07) is 2.56. The maximum Gasteiger partial charge on any atom is 0.356 e. The highest BCUT2D eigenvalue weighted by Gasteiger charge is 2.20. The number of rotatable bonds is 7. The van der Waals surface area contributed by atoms with Crippen LogP contribution in [0.25, 0.3) is 0 Å². The molecule has 0 amide bonds. The van der Waals surface area contributed by atoms with Crippen LogP contribution in [-0.4, -0.2) is 29.0 Å². The van der Waals surface area contributed by atoms with Crippen LogP contribution >= 0.6 is 0 Å². The second kappa shape index (κ2) is 7.56. The number of aromatic nitrogens is 1. The van der Waals surface area contributed by atoms with Crippen molar-refractivity contribution in [2.45, 2.75) is 39.7 Å². The van der Waals surface area contributed by atoms with E-state index in [9.17, 15) is 14.9 Å². The third-order valence-corrected chi connectivity index (χ3v) is 3.30. The zero-order valence-corrected chi connectivity index (χ0v) is 12.8. The number of ether oxygens (including phenoxy) is 1. The lowest BCUT2D eigenvalue weighted by atomic mass is 10.0. The lowest BCUT2D eigenvalue weighted by Crippen LogP contribution is -2.20. The Morgan fingerprint density at radius 1 is 1.48 bits per heavy atom. The molecule has 0 aliphatic carbocycles. The molecule has 2 atom stereocenters. The molecule has 1 heterocycles. The highest BCUT2D eigenvalue weighted by Crippen LogP contribution is 2.24. The maximum atomic E-state index is 11.5. The van der Waals surface area contributed by atoms with Gasteiger partial charge in [0.25, 0.3) is 0 Å². The van der Waals surface area contributed by atoms with Gasteiger partial charge >= 0.3 is 11.7 Å². The van der Waals surface area contributed by atoms with E-state index in [0.717, 1.165) is 12.8 Å². The molecule has 0 fully saturated rings. The third-order valence-electron chi connectivity index (χ3n) is 3.30. The third kappa shape index (κ3) is 4.70. The first-order valence-electron chi connectivity index (χ1n) is 6.89. The number of nitrogens with one attached hydrogen (secondary N) is 1. The molecule has 1 aromatic heterocycles. The molecule has 0 aromatic carbocycles. The largest absolute Gasteiger partial charge is 0.464 e. The molecule has 7 nitrogen and oxygen atoms in total. The highest BCUT2D eigenvalue weighted by molar-refractivity contribution is 5.88. The minimum Gasteiger partial charge on any atom is -0.464 e. The van der Waals surface area contributed by atoms with E-state index in [1.54, 1.807) is 0 Å². The number of hydrogen-bond donors (Lipinski definition) is 1. The van der Waals surface area contributed by atoms with Crippen LogP contribution in [0.15, 0.2) is 12.1 Å². The van der Waals surface area contributed by atoms with Crippen molar-refractivity contribution in [3.05, 3.63) is 27.9 Å². The summed E-state index contributed by atoms with van der Waals surface area (Å²) >= 11 is 0. The van der Waals surface area contributed by atoms with Gasteiger partial charge in [-0.1, -0.05) is 20.3 Å². The predicted molar refractivity (Wildman–Crippen MR) is 79.4 cm³/mol. The summed E-state index contributed by atoms with van der Waals surface area (Å²) < 4.78 is 4.58. The molecule has 1 N–H and O–H groups in total. The fourth-order valence-electron chi connectivity index (χ4n) is 1.99. The van der Waals surface area contributed by atoms with Crippen LogP contribution in [0.5, 0.6) is 0 Å². The van der Waals surface area contributed by atoms with E-state index < -0.39 is 10.9 Å². The summed E-state index contributed by atoms with van der Waals surface area (Å²) in [5.41, 5.74) is -0.111. The number of nitro groups is 1. The molecule has 0 spiro atoms. The van der Waals surface area contributed by atoms with E-state index in [0.29, 0.717) is 5.92 Å². The number of esters is 1. The van der Waals surface area contributed by atoms with Crippen LogP contribution in [0.4, 0.5) is 11.5 Å². The Bertz CT molecular complexity index is 519. The second-order valence-corrected chi connectivity index (χ2v) is 5.11. The van der Waals surface area contributed by atoms with E-state index in [4.69, 9.17) is 0 Å². The molecule has 21 heavy (non-hydrogen) atoms. The standard InChI is InChI=1S/C14H21N3O4/c1-5-9(2)8-10(3)15-13-12(17(19)20)7-6-11(16-13)14(18)21-4/h6-7,9-10H,5,8H2,1-4H3,(H,15,16). The Labute approximate surface area is 123 Å². The lowest BCUT2D eigenvalue weighted by molar-refractivity contribution is -0.384. The predicted octanol–water partition coefficient (Wildman–Crippen LogP) is 3.01. The number of carbonyl (C=O) groups excluding carboxylic acids is 1. The van der Waals surface area contributed by atoms with Gasteiger partial charge in [0.2, 0.25) is 5.82 Å². The topological polar surface area (TPSA) is 94.4 Å².